The van der Waals surface area contributed by atoms with Crippen molar-refractivity contribution in [2.24, 2.45) is 0 Å². The summed E-state index contributed by atoms with van der Waals surface area (Å²) in [5.41, 5.74) is 2.93. The number of anilines is 1. The van der Waals surface area contributed by atoms with Gasteiger partial charge in [-0.15, -0.1) is 11.3 Å². The van der Waals surface area contributed by atoms with Crippen LogP contribution in [0.1, 0.15) is 29.3 Å². The molecule has 0 saturated carbocycles. The quantitative estimate of drug-likeness (QED) is 0.445. The van der Waals surface area contributed by atoms with Crippen molar-refractivity contribution >= 4 is 39.8 Å². The molecule has 0 unspecified atom stereocenters. The molecule has 1 amide bonds. The van der Waals surface area contributed by atoms with Gasteiger partial charge in [0.05, 0.1) is 13.7 Å². The highest BCUT2D eigenvalue weighted by Crippen LogP contribution is 2.36. The van der Waals surface area contributed by atoms with Crippen LogP contribution in [-0.4, -0.2) is 25.6 Å². The highest BCUT2D eigenvalue weighted by Gasteiger charge is 2.22. The van der Waals surface area contributed by atoms with Crippen LogP contribution in [0, 0.1) is 0 Å². The zero-order valence-electron chi connectivity index (χ0n) is 16.7. The first-order valence-corrected chi connectivity index (χ1v) is 10.7. The largest absolute Gasteiger partial charge is 0.497 e. The molecule has 0 atom stereocenters. The Bertz CT molecular complexity index is 1010. The Morgan fingerprint density at radius 2 is 1.77 bits per heavy atom. The second-order valence-corrected chi connectivity index (χ2v) is 7.79. The van der Waals surface area contributed by atoms with Gasteiger partial charge in [0.1, 0.15) is 16.3 Å². The number of amides is 1. The lowest BCUT2D eigenvalue weighted by molar-refractivity contribution is -0.116. The average Bonchev–Trinajstić information content (AvgIpc) is 3.17. The summed E-state index contributed by atoms with van der Waals surface area (Å²) in [4.78, 5) is 25.1. The first-order valence-electron chi connectivity index (χ1n) is 9.49. The van der Waals surface area contributed by atoms with E-state index in [1.165, 1.54) is 11.3 Å². The molecule has 7 heteroatoms. The van der Waals surface area contributed by atoms with Crippen LogP contribution in [0.4, 0.5) is 5.00 Å². The molecule has 3 rings (SSSR count). The van der Waals surface area contributed by atoms with Crippen molar-refractivity contribution in [1.82, 2.24) is 0 Å². The summed E-state index contributed by atoms with van der Waals surface area (Å²) in [6, 6.07) is 14.8. The molecule has 30 heavy (non-hydrogen) atoms. The number of rotatable bonds is 8. The molecule has 5 nitrogen and oxygen atoms in total. The first kappa shape index (κ1) is 21.9. The van der Waals surface area contributed by atoms with E-state index >= 15 is 0 Å². The minimum atomic E-state index is -0.464. The number of hydrogen-bond donors (Lipinski definition) is 1. The number of thiophene rings is 1. The molecule has 0 spiro atoms. The van der Waals surface area contributed by atoms with Crippen molar-refractivity contribution in [2.45, 2.75) is 19.8 Å². The van der Waals surface area contributed by atoms with Crippen LogP contribution in [-0.2, 0) is 16.0 Å². The number of nitrogens with one attached hydrogen (secondary N) is 1. The first-order chi connectivity index (χ1) is 14.5. The van der Waals surface area contributed by atoms with Gasteiger partial charge in [-0.1, -0.05) is 35.9 Å². The zero-order chi connectivity index (χ0) is 21.5. The minimum absolute atomic E-state index is 0.166. The molecular weight excluding hydrogens is 422 g/mol. The van der Waals surface area contributed by atoms with Gasteiger partial charge in [0, 0.05) is 22.4 Å². The lowest BCUT2D eigenvalue weighted by Gasteiger charge is -2.09. The van der Waals surface area contributed by atoms with Crippen LogP contribution < -0.4 is 10.1 Å². The second-order valence-electron chi connectivity index (χ2n) is 6.48. The number of methoxy groups -OCH3 is 1. The topological polar surface area (TPSA) is 64.6 Å². The van der Waals surface area contributed by atoms with Gasteiger partial charge in [-0.05, 0) is 48.7 Å². The third kappa shape index (κ3) is 5.40. The fraction of sp³-hybridized carbons (Fsp3) is 0.217. The molecule has 0 aliphatic rings. The Balaban J connectivity index is 1.76. The minimum Gasteiger partial charge on any atom is -0.497 e. The van der Waals surface area contributed by atoms with Gasteiger partial charge in [0.2, 0.25) is 5.91 Å². The summed E-state index contributed by atoms with van der Waals surface area (Å²) < 4.78 is 10.4. The van der Waals surface area contributed by atoms with E-state index in [0.717, 1.165) is 16.9 Å². The molecule has 2 aromatic carbocycles. The fourth-order valence-corrected chi connectivity index (χ4v) is 4.04. The zero-order valence-corrected chi connectivity index (χ0v) is 18.3. The van der Waals surface area contributed by atoms with Crippen LogP contribution in [0.15, 0.2) is 53.9 Å². The van der Waals surface area contributed by atoms with Crippen LogP contribution in [0.25, 0.3) is 11.1 Å². The summed E-state index contributed by atoms with van der Waals surface area (Å²) in [6.07, 6.45) is 0.878. The van der Waals surface area contributed by atoms with Crippen molar-refractivity contribution in [2.75, 3.05) is 19.0 Å². The summed E-state index contributed by atoms with van der Waals surface area (Å²) >= 11 is 7.28. The second kappa shape index (κ2) is 10.3. The molecule has 3 aromatic rings. The predicted octanol–water partition coefficient (Wildman–Crippen LogP) is 5.83. The smallest absolute Gasteiger partial charge is 0.341 e. The number of carbonyl (C=O) groups excluding carboxylic acids is 2. The summed E-state index contributed by atoms with van der Waals surface area (Å²) in [7, 11) is 1.61. The average molecular weight is 444 g/mol. The van der Waals surface area contributed by atoms with Crippen molar-refractivity contribution in [3.05, 3.63) is 70.1 Å². The molecule has 0 fully saturated rings. The van der Waals surface area contributed by atoms with Crippen molar-refractivity contribution < 1.29 is 19.1 Å². The van der Waals surface area contributed by atoms with Crippen LogP contribution >= 0.6 is 22.9 Å². The summed E-state index contributed by atoms with van der Waals surface area (Å²) in [5, 5.41) is 5.81. The van der Waals surface area contributed by atoms with Gasteiger partial charge in [-0.3, -0.25) is 4.79 Å². The number of ether oxygens (including phenoxy) is 2. The summed E-state index contributed by atoms with van der Waals surface area (Å²) in [6.45, 7) is 2.00. The number of benzene rings is 2. The molecule has 1 heterocycles. The molecule has 1 aromatic heterocycles. The third-order valence-electron chi connectivity index (χ3n) is 4.48. The van der Waals surface area contributed by atoms with E-state index in [4.69, 9.17) is 21.1 Å². The Morgan fingerprint density at radius 1 is 1.07 bits per heavy atom. The van der Waals surface area contributed by atoms with Crippen molar-refractivity contribution in [3.63, 3.8) is 0 Å². The Morgan fingerprint density at radius 3 is 2.40 bits per heavy atom. The monoisotopic (exact) mass is 443 g/mol. The van der Waals surface area contributed by atoms with E-state index < -0.39 is 5.97 Å². The number of halogens is 1. The molecular formula is C23H22ClNO4S. The van der Waals surface area contributed by atoms with Gasteiger partial charge >= 0.3 is 5.97 Å². The molecule has 0 radical (unpaired) electrons. The van der Waals surface area contributed by atoms with Gasteiger partial charge in [-0.2, -0.15) is 0 Å². The van der Waals surface area contributed by atoms with Crippen LogP contribution in [0.5, 0.6) is 5.75 Å². The third-order valence-corrected chi connectivity index (χ3v) is 5.63. The molecule has 0 aliphatic carbocycles. The number of hydrogen-bond acceptors (Lipinski definition) is 5. The fourth-order valence-electron chi connectivity index (χ4n) is 2.94. The van der Waals surface area contributed by atoms with E-state index in [9.17, 15) is 9.59 Å². The normalized spacial score (nSPS) is 10.5. The van der Waals surface area contributed by atoms with E-state index in [1.807, 2.05) is 41.8 Å². The van der Waals surface area contributed by atoms with Gasteiger partial charge in [-0.25, -0.2) is 4.79 Å². The maximum atomic E-state index is 12.6. The van der Waals surface area contributed by atoms with Crippen molar-refractivity contribution in [1.29, 1.82) is 0 Å². The lowest BCUT2D eigenvalue weighted by Crippen LogP contribution is -2.15. The predicted molar refractivity (Wildman–Crippen MR) is 121 cm³/mol. The Labute approximate surface area is 184 Å². The number of esters is 1. The number of aryl methyl sites for hydroxylation is 1. The highest BCUT2D eigenvalue weighted by atomic mass is 35.5. The summed E-state index contributed by atoms with van der Waals surface area (Å²) in [5.74, 6) is 0.144. The van der Waals surface area contributed by atoms with Gasteiger partial charge in [0.25, 0.3) is 0 Å². The van der Waals surface area contributed by atoms with Crippen molar-refractivity contribution in [3.8, 4) is 16.9 Å². The highest BCUT2D eigenvalue weighted by molar-refractivity contribution is 7.15. The lowest BCUT2D eigenvalue weighted by atomic mass is 10.0. The Kier molecular flexibility index (Phi) is 7.49. The van der Waals surface area contributed by atoms with Gasteiger partial charge < -0.3 is 14.8 Å². The van der Waals surface area contributed by atoms with Crippen LogP contribution in [0.2, 0.25) is 5.02 Å². The van der Waals surface area contributed by atoms with E-state index in [0.29, 0.717) is 34.0 Å². The molecule has 1 N–H and O–H groups in total. The van der Waals surface area contributed by atoms with E-state index in [-0.39, 0.29) is 12.5 Å². The molecule has 0 aliphatic heterocycles. The standard InChI is InChI=1S/C23H22ClNO4S/c1-3-29-23(27)21-19(16-7-9-17(24)10-8-16)14-30-22(21)25-20(26)13-6-15-4-11-18(28-2)12-5-15/h4-5,7-12,14H,3,6,13H2,1-2H3,(H,25,26). The number of carbonyl (C=O) groups is 2. The van der Waals surface area contributed by atoms with Crippen LogP contribution in [0.3, 0.4) is 0 Å². The Hall–Kier alpha value is -2.83. The van der Waals surface area contributed by atoms with E-state index in [2.05, 4.69) is 5.32 Å². The maximum Gasteiger partial charge on any atom is 0.341 e. The maximum absolute atomic E-state index is 12.6. The molecule has 156 valence electrons. The van der Waals surface area contributed by atoms with E-state index in [1.54, 1.807) is 26.2 Å². The molecule has 0 saturated heterocycles. The molecule has 0 bridgehead atoms. The SMILES string of the molecule is CCOC(=O)c1c(-c2ccc(Cl)cc2)csc1NC(=O)CCc1ccc(OC)cc1. The van der Waals surface area contributed by atoms with Gasteiger partial charge in [0.15, 0.2) is 0 Å².